The lowest BCUT2D eigenvalue weighted by molar-refractivity contribution is 0.572. The second kappa shape index (κ2) is 7.74. The zero-order valence-corrected chi connectivity index (χ0v) is 14.2. The highest BCUT2D eigenvalue weighted by Crippen LogP contribution is 2.12. The standard InChI is InChI=1S/C10H8FN3O3S.C4H4FN3O/c11-8-6-14(10(15)13-9(8)12)18(16,17)7-4-2-1-3-5-7;5-2-1-7-4(9)8-3(2)6/h1-6H,(H2,12,13,15);1H,(H3,6,7,8,9). The minimum absolute atomic E-state index is 0.141. The molecule has 10 nitrogen and oxygen atoms in total. The number of halogens is 2. The van der Waals surface area contributed by atoms with E-state index in [2.05, 4.69) is 9.97 Å². The highest BCUT2D eigenvalue weighted by atomic mass is 32.2. The van der Waals surface area contributed by atoms with Crippen LogP contribution in [0.15, 0.2) is 57.2 Å². The summed E-state index contributed by atoms with van der Waals surface area (Å²) in [5.74, 6) is -2.71. The van der Waals surface area contributed by atoms with Gasteiger partial charge in [-0.1, -0.05) is 18.2 Å². The fourth-order valence-corrected chi connectivity index (χ4v) is 2.91. The molecule has 142 valence electrons. The highest BCUT2D eigenvalue weighted by molar-refractivity contribution is 7.90. The summed E-state index contributed by atoms with van der Waals surface area (Å²) in [6.07, 6.45) is 1.28. The van der Waals surface area contributed by atoms with Crippen molar-refractivity contribution in [2.75, 3.05) is 11.5 Å². The van der Waals surface area contributed by atoms with Crippen LogP contribution < -0.4 is 22.8 Å². The van der Waals surface area contributed by atoms with Gasteiger partial charge in [0, 0.05) is 0 Å². The fraction of sp³-hybridized carbons (Fsp3) is 0. The van der Waals surface area contributed by atoms with Gasteiger partial charge in [0.15, 0.2) is 17.5 Å². The zero-order chi connectivity index (χ0) is 20.2. The van der Waals surface area contributed by atoms with E-state index in [1.54, 1.807) is 6.07 Å². The summed E-state index contributed by atoms with van der Waals surface area (Å²) in [5.41, 5.74) is 8.23. The third-order valence-corrected chi connectivity index (χ3v) is 4.62. The molecule has 0 atom stereocenters. The van der Waals surface area contributed by atoms with E-state index in [9.17, 15) is 26.8 Å². The molecule has 0 amide bonds. The van der Waals surface area contributed by atoms with Gasteiger partial charge in [-0.2, -0.15) is 13.9 Å². The number of rotatable bonds is 2. The van der Waals surface area contributed by atoms with Crippen LogP contribution in [0.4, 0.5) is 20.4 Å². The molecule has 0 spiro atoms. The Morgan fingerprint density at radius 3 is 2.22 bits per heavy atom. The number of aromatic amines is 1. The third kappa shape index (κ3) is 4.52. The van der Waals surface area contributed by atoms with Gasteiger partial charge < -0.3 is 11.5 Å². The van der Waals surface area contributed by atoms with Gasteiger partial charge in [0.1, 0.15) is 5.82 Å². The Morgan fingerprint density at radius 2 is 1.67 bits per heavy atom. The smallest absolute Gasteiger partial charge is 0.363 e. The molecular formula is C14H12F2N6O4S. The molecule has 0 unspecified atom stereocenters. The van der Waals surface area contributed by atoms with E-state index in [-0.39, 0.29) is 14.7 Å². The van der Waals surface area contributed by atoms with Crippen LogP contribution >= 0.6 is 0 Å². The van der Waals surface area contributed by atoms with E-state index < -0.39 is 38.9 Å². The van der Waals surface area contributed by atoms with Gasteiger partial charge in [-0.05, 0) is 12.1 Å². The molecule has 2 aromatic heterocycles. The molecule has 0 saturated carbocycles. The summed E-state index contributed by atoms with van der Waals surface area (Å²) in [6, 6.07) is 7.16. The summed E-state index contributed by atoms with van der Waals surface area (Å²) in [4.78, 5) is 29.7. The Hall–Kier alpha value is -3.61. The van der Waals surface area contributed by atoms with E-state index in [1.807, 2.05) is 4.98 Å². The first-order valence-electron chi connectivity index (χ1n) is 6.98. The Morgan fingerprint density at radius 1 is 1.04 bits per heavy atom. The molecule has 0 bridgehead atoms. The maximum Gasteiger partial charge on any atom is 0.363 e. The van der Waals surface area contributed by atoms with Crippen molar-refractivity contribution in [3.8, 4) is 0 Å². The molecule has 0 radical (unpaired) electrons. The average Bonchev–Trinajstić information content (AvgIpc) is 2.63. The molecule has 27 heavy (non-hydrogen) atoms. The van der Waals surface area contributed by atoms with Crippen molar-refractivity contribution in [3.05, 3.63) is 75.3 Å². The van der Waals surface area contributed by atoms with Gasteiger partial charge in [0.05, 0.1) is 17.3 Å². The Kier molecular flexibility index (Phi) is 5.65. The summed E-state index contributed by atoms with van der Waals surface area (Å²) in [5, 5.41) is 0. The molecular weight excluding hydrogens is 386 g/mol. The highest BCUT2D eigenvalue weighted by Gasteiger charge is 2.20. The van der Waals surface area contributed by atoms with E-state index in [0.29, 0.717) is 6.20 Å². The zero-order valence-electron chi connectivity index (χ0n) is 13.3. The first-order chi connectivity index (χ1) is 12.6. The van der Waals surface area contributed by atoms with Crippen molar-refractivity contribution in [2.45, 2.75) is 4.90 Å². The predicted octanol–water partition coefficient (Wildman–Crippen LogP) is -0.307. The minimum Gasteiger partial charge on any atom is -0.383 e. The second-order valence-corrected chi connectivity index (χ2v) is 6.64. The van der Waals surface area contributed by atoms with Crippen LogP contribution in [0.3, 0.4) is 0 Å². The van der Waals surface area contributed by atoms with E-state index in [0.717, 1.165) is 6.20 Å². The molecule has 13 heteroatoms. The van der Waals surface area contributed by atoms with E-state index in [1.165, 1.54) is 24.3 Å². The molecule has 0 aliphatic heterocycles. The number of nitrogens with zero attached hydrogens (tertiary/aromatic N) is 3. The predicted molar refractivity (Wildman–Crippen MR) is 91.1 cm³/mol. The van der Waals surface area contributed by atoms with Gasteiger partial charge in [-0.3, -0.25) is 4.98 Å². The van der Waals surface area contributed by atoms with Gasteiger partial charge in [0.2, 0.25) is 0 Å². The van der Waals surface area contributed by atoms with E-state index >= 15 is 0 Å². The fourth-order valence-electron chi connectivity index (χ4n) is 1.70. The van der Waals surface area contributed by atoms with Crippen LogP contribution in [0, 0.1) is 11.6 Å². The second-order valence-electron chi connectivity index (χ2n) is 4.82. The van der Waals surface area contributed by atoms with Crippen LogP contribution in [0.1, 0.15) is 0 Å². The summed E-state index contributed by atoms with van der Waals surface area (Å²) in [6.45, 7) is 0. The number of benzene rings is 1. The third-order valence-electron chi connectivity index (χ3n) is 2.97. The average molecular weight is 398 g/mol. The molecule has 0 saturated heterocycles. The number of H-pyrrole nitrogens is 1. The van der Waals surface area contributed by atoms with Crippen molar-refractivity contribution >= 4 is 21.7 Å². The van der Waals surface area contributed by atoms with Crippen molar-refractivity contribution in [3.63, 3.8) is 0 Å². The molecule has 3 aromatic rings. The van der Waals surface area contributed by atoms with E-state index in [4.69, 9.17) is 11.5 Å². The summed E-state index contributed by atoms with van der Waals surface area (Å²) < 4.78 is 49.6. The van der Waals surface area contributed by atoms with Crippen LogP contribution in [-0.4, -0.2) is 27.3 Å². The van der Waals surface area contributed by atoms with Gasteiger partial charge in [-0.15, -0.1) is 0 Å². The van der Waals surface area contributed by atoms with Crippen molar-refractivity contribution in [1.82, 2.24) is 18.9 Å². The molecule has 0 aliphatic rings. The monoisotopic (exact) mass is 398 g/mol. The van der Waals surface area contributed by atoms with Crippen LogP contribution in [0.25, 0.3) is 0 Å². The molecule has 0 fully saturated rings. The normalized spacial score (nSPS) is 10.7. The Bertz CT molecular complexity index is 1180. The number of anilines is 2. The van der Waals surface area contributed by atoms with Crippen LogP contribution in [-0.2, 0) is 10.0 Å². The first-order valence-corrected chi connectivity index (χ1v) is 8.42. The lowest BCUT2D eigenvalue weighted by atomic mass is 10.4. The number of nitrogens with two attached hydrogens (primary N) is 2. The van der Waals surface area contributed by atoms with Gasteiger partial charge in [0.25, 0.3) is 10.0 Å². The molecule has 2 heterocycles. The summed E-state index contributed by atoms with van der Waals surface area (Å²) >= 11 is 0. The maximum atomic E-state index is 13.2. The quantitative estimate of drug-likeness (QED) is 0.528. The van der Waals surface area contributed by atoms with Gasteiger partial charge >= 0.3 is 11.4 Å². The molecule has 5 N–H and O–H groups in total. The topological polar surface area (TPSA) is 167 Å². The van der Waals surface area contributed by atoms with Crippen molar-refractivity contribution in [1.29, 1.82) is 0 Å². The largest absolute Gasteiger partial charge is 0.383 e. The molecule has 3 rings (SSSR count). The van der Waals surface area contributed by atoms with Crippen LogP contribution in [0.5, 0.6) is 0 Å². The van der Waals surface area contributed by atoms with Crippen molar-refractivity contribution in [2.24, 2.45) is 0 Å². The number of nitrogens with one attached hydrogen (secondary N) is 1. The Balaban J connectivity index is 0.000000244. The number of aromatic nitrogens is 4. The minimum atomic E-state index is -4.16. The van der Waals surface area contributed by atoms with Crippen molar-refractivity contribution < 1.29 is 17.2 Å². The lowest BCUT2D eigenvalue weighted by Crippen LogP contribution is -2.30. The number of nitrogen functional groups attached to an aromatic ring is 2. The SMILES string of the molecule is Nc1[nH]c(=O)ncc1F.Nc1nc(=O)n(S(=O)(=O)c2ccccc2)cc1F. The lowest BCUT2D eigenvalue weighted by Gasteiger charge is -2.07. The molecule has 1 aromatic carbocycles. The van der Waals surface area contributed by atoms with Gasteiger partial charge in [-0.25, -0.2) is 26.8 Å². The summed E-state index contributed by atoms with van der Waals surface area (Å²) in [7, 11) is -4.16. The van der Waals surface area contributed by atoms with Crippen LogP contribution in [0.2, 0.25) is 0 Å². The Labute approximate surface area is 150 Å². The number of hydrogen-bond acceptors (Lipinski definition) is 8. The molecule has 0 aliphatic carbocycles. The number of hydrogen-bond donors (Lipinski definition) is 3. The maximum absolute atomic E-state index is 13.2. The first kappa shape index (κ1) is 19.7.